The van der Waals surface area contributed by atoms with Crippen molar-refractivity contribution in [1.82, 2.24) is 10.6 Å². The number of rotatable bonds is 5. The minimum Gasteiger partial charge on any atom is -0.352 e. The van der Waals surface area contributed by atoms with Gasteiger partial charge in [0.2, 0.25) is 5.91 Å². The molecule has 1 aromatic carbocycles. The van der Waals surface area contributed by atoms with Gasteiger partial charge in [-0.25, -0.2) is 0 Å². The third kappa shape index (κ3) is 3.79. The number of hydrogen-bond donors (Lipinski definition) is 3. The van der Waals surface area contributed by atoms with Gasteiger partial charge in [0, 0.05) is 43.2 Å². The van der Waals surface area contributed by atoms with Crippen molar-refractivity contribution in [2.75, 3.05) is 25.0 Å². The van der Waals surface area contributed by atoms with Crippen molar-refractivity contribution in [3.8, 4) is 0 Å². The normalized spacial score (nSPS) is 14.6. The van der Waals surface area contributed by atoms with E-state index in [1.54, 1.807) is 31.2 Å². The van der Waals surface area contributed by atoms with Crippen LogP contribution >= 0.6 is 0 Å². The Kier molecular flexibility index (Phi) is 4.52. The van der Waals surface area contributed by atoms with E-state index in [-0.39, 0.29) is 11.8 Å². The average Bonchev–Trinajstić information content (AvgIpc) is 2.37. The Morgan fingerprint density at radius 1 is 1.37 bits per heavy atom. The molecule has 1 aliphatic rings. The minimum atomic E-state index is -0.0977. The van der Waals surface area contributed by atoms with E-state index < -0.39 is 0 Å². The highest BCUT2D eigenvalue weighted by atomic mass is 16.2. The molecule has 1 saturated heterocycles. The highest BCUT2D eigenvalue weighted by molar-refractivity contribution is 5.97. The second-order valence-corrected chi connectivity index (χ2v) is 4.72. The third-order valence-corrected chi connectivity index (χ3v) is 3.15. The van der Waals surface area contributed by atoms with Crippen molar-refractivity contribution < 1.29 is 9.59 Å². The number of amides is 2. The van der Waals surface area contributed by atoms with Crippen LogP contribution in [0.25, 0.3) is 0 Å². The van der Waals surface area contributed by atoms with Crippen LogP contribution in [-0.4, -0.2) is 31.4 Å². The molecule has 2 rings (SSSR count). The molecule has 3 N–H and O–H groups in total. The summed E-state index contributed by atoms with van der Waals surface area (Å²) in [6, 6.07) is 6.99. The Morgan fingerprint density at radius 3 is 2.79 bits per heavy atom. The average molecular weight is 261 g/mol. The zero-order chi connectivity index (χ0) is 13.7. The van der Waals surface area contributed by atoms with E-state index in [0.717, 1.165) is 13.1 Å². The summed E-state index contributed by atoms with van der Waals surface area (Å²) in [5.41, 5.74) is 1.23. The first-order chi connectivity index (χ1) is 9.19. The maximum atomic E-state index is 12.0. The van der Waals surface area contributed by atoms with Gasteiger partial charge in [-0.3, -0.25) is 9.59 Å². The molecule has 0 spiro atoms. The first kappa shape index (κ1) is 13.5. The fourth-order valence-electron chi connectivity index (χ4n) is 1.82. The summed E-state index contributed by atoms with van der Waals surface area (Å²) in [4.78, 5) is 23.3. The summed E-state index contributed by atoms with van der Waals surface area (Å²) >= 11 is 0. The van der Waals surface area contributed by atoms with Crippen LogP contribution in [-0.2, 0) is 4.79 Å². The molecular weight excluding hydrogens is 242 g/mol. The summed E-state index contributed by atoms with van der Waals surface area (Å²) in [6.45, 7) is 4.41. The zero-order valence-electron chi connectivity index (χ0n) is 11.0. The van der Waals surface area contributed by atoms with E-state index in [0.29, 0.717) is 30.1 Å². The van der Waals surface area contributed by atoms with Gasteiger partial charge in [-0.1, -0.05) is 13.0 Å². The smallest absolute Gasteiger partial charge is 0.251 e. The molecule has 5 nitrogen and oxygen atoms in total. The lowest BCUT2D eigenvalue weighted by molar-refractivity contribution is -0.115. The van der Waals surface area contributed by atoms with Crippen molar-refractivity contribution in [3.05, 3.63) is 29.8 Å². The quantitative estimate of drug-likeness (QED) is 0.740. The van der Waals surface area contributed by atoms with Crippen molar-refractivity contribution in [1.29, 1.82) is 0 Å². The van der Waals surface area contributed by atoms with E-state index in [2.05, 4.69) is 16.0 Å². The van der Waals surface area contributed by atoms with Crippen LogP contribution in [0.3, 0.4) is 0 Å². The van der Waals surface area contributed by atoms with Crippen LogP contribution < -0.4 is 16.0 Å². The van der Waals surface area contributed by atoms with Crippen molar-refractivity contribution in [3.63, 3.8) is 0 Å². The molecule has 1 heterocycles. The molecular formula is C14H19N3O2. The Labute approximate surface area is 112 Å². The van der Waals surface area contributed by atoms with Gasteiger partial charge < -0.3 is 16.0 Å². The van der Waals surface area contributed by atoms with Crippen LogP contribution in [0.5, 0.6) is 0 Å². The topological polar surface area (TPSA) is 70.2 Å². The van der Waals surface area contributed by atoms with Gasteiger partial charge in [0.1, 0.15) is 0 Å². The number of nitrogens with one attached hydrogen (secondary N) is 3. The van der Waals surface area contributed by atoms with E-state index in [4.69, 9.17) is 0 Å². The molecule has 5 heteroatoms. The van der Waals surface area contributed by atoms with E-state index in [1.807, 2.05) is 0 Å². The monoisotopic (exact) mass is 261 g/mol. The van der Waals surface area contributed by atoms with Crippen molar-refractivity contribution in [2.45, 2.75) is 13.3 Å². The lowest BCUT2D eigenvalue weighted by Gasteiger charge is -2.27. The summed E-state index contributed by atoms with van der Waals surface area (Å²) in [5.74, 6) is 0.379. The molecule has 1 aromatic rings. The van der Waals surface area contributed by atoms with Gasteiger partial charge in [-0.2, -0.15) is 0 Å². The molecule has 0 radical (unpaired) electrons. The Bertz CT molecular complexity index is 470. The number of carbonyl (C=O) groups excluding carboxylic acids is 2. The minimum absolute atomic E-state index is 0.0573. The molecule has 1 fully saturated rings. The highest BCUT2D eigenvalue weighted by Crippen LogP contribution is 2.11. The van der Waals surface area contributed by atoms with Crippen LogP contribution in [0, 0.1) is 5.92 Å². The predicted molar refractivity (Wildman–Crippen MR) is 74.1 cm³/mol. The van der Waals surface area contributed by atoms with Gasteiger partial charge in [0.15, 0.2) is 0 Å². The lowest BCUT2D eigenvalue weighted by Crippen LogP contribution is -2.48. The Hall–Kier alpha value is -1.88. The van der Waals surface area contributed by atoms with Crippen LogP contribution in [0.4, 0.5) is 5.69 Å². The first-order valence-corrected chi connectivity index (χ1v) is 6.58. The van der Waals surface area contributed by atoms with Crippen LogP contribution in [0.15, 0.2) is 24.3 Å². The summed E-state index contributed by atoms with van der Waals surface area (Å²) in [6.07, 6.45) is 0.422. The largest absolute Gasteiger partial charge is 0.352 e. The van der Waals surface area contributed by atoms with Gasteiger partial charge >= 0.3 is 0 Å². The molecule has 0 aromatic heterocycles. The standard InChI is InChI=1S/C14H19N3O2/c1-2-13(18)17-12-5-3-4-11(6-12)14(19)16-9-10-7-15-8-10/h3-6,10,15H,2,7-9H2,1H3,(H,16,19)(H,17,18). The zero-order valence-corrected chi connectivity index (χ0v) is 11.0. The van der Waals surface area contributed by atoms with Crippen LogP contribution in [0.1, 0.15) is 23.7 Å². The number of carbonyl (C=O) groups is 2. The van der Waals surface area contributed by atoms with Crippen LogP contribution in [0.2, 0.25) is 0 Å². The molecule has 19 heavy (non-hydrogen) atoms. The molecule has 102 valence electrons. The summed E-state index contributed by atoms with van der Waals surface area (Å²) in [5, 5.41) is 8.81. The first-order valence-electron chi connectivity index (χ1n) is 6.58. The van der Waals surface area contributed by atoms with E-state index in [9.17, 15) is 9.59 Å². The maximum absolute atomic E-state index is 12.0. The summed E-state index contributed by atoms with van der Waals surface area (Å²) < 4.78 is 0. The fraction of sp³-hybridized carbons (Fsp3) is 0.429. The number of hydrogen-bond acceptors (Lipinski definition) is 3. The third-order valence-electron chi connectivity index (χ3n) is 3.15. The fourth-order valence-corrected chi connectivity index (χ4v) is 1.82. The van der Waals surface area contributed by atoms with E-state index in [1.165, 1.54) is 0 Å². The van der Waals surface area contributed by atoms with E-state index >= 15 is 0 Å². The molecule has 0 saturated carbocycles. The number of anilines is 1. The molecule has 0 bridgehead atoms. The second-order valence-electron chi connectivity index (χ2n) is 4.72. The Morgan fingerprint density at radius 2 is 2.16 bits per heavy atom. The second kappa shape index (κ2) is 6.33. The highest BCUT2D eigenvalue weighted by Gasteiger charge is 2.17. The van der Waals surface area contributed by atoms with Crippen molar-refractivity contribution >= 4 is 17.5 Å². The molecule has 0 unspecified atom stereocenters. The maximum Gasteiger partial charge on any atom is 0.251 e. The molecule has 0 atom stereocenters. The Balaban J connectivity index is 1.92. The summed E-state index contributed by atoms with van der Waals surface area (Å²) in [7, 11) is 0. The predicted octanol–water partition coefficient (Wildman–Crippen LogP) is 0.984. The molecule has 0 aliphatic carbocycles. The van der Waals surface area contributed by atoms with Gasteiger partial charge in [0.05, 0.1) is 0 Å². The number of benzene rings is 1. The van der Waals surface area contributed by atoms with Gasteiger partial charge in [0.25, 0.3) is 5.91 Å². The molecule has 2 amide bonds. The molecule has 1 aliphatic heterocycles. The van der Waals surface area contributed by atoms with Gasteiger partial charge in [-0.05, 0) is 18.2 Å². The van der Waals surface area contributed by atoms with Crippen molar-refractivity contribution in [2.24, 2.45) is 5.92 Å². The van der Waals surface area contributed by atoms with Gasteiger partial charge in [-0.15, -0.1) is 0 Å². The SMILES string of the molecule is CCC(=O)Nc1cccc(C(=O)NCC2CNC2)c1. The lowest BCUT2D eigenvalue weighted by atomic mass is 10.0.